The van der Waals surface area contributed by atoms with Crippen molar-refractivity contribution in [3.8, 4) is 11.1 Å². The van der Waals surface area contributed by atoms with E-state index in [-0.39, 0.29) is 0 Å². The Kier molecular flexibility index (Phi) is 3.35. The molecule has 0 saturated carbocycles. The van der Waals surface area contributed by atoms with E-state index in [1.54, 1.807) is 0 Å². The number of rotatable bonds is 3. The van der Waals surface area contributed by atoms with Crippen molar-refractivity contribution in [2.45, 2.75) is 0 Å². The van der Waals surface area contributed by atoms with E-state index in [0.717, 1.165) is 21.6 Å². The number of thiophene rings is 1. The minimum absolute atomic E-state index is 0.482. The van der Waals surface area contributed by atoms with Crippen molar-refractivity contribution in [1.29, 1.82) is 5.41 Å². The Labute approximate surface area is 122 Å². The Morgan fingerprint density at radius 1 is 0.900 bits per heavy atom. The Balaban J connectivity index is 2.00. The number of anilines is 1. The fraction of sp³-hybridized carbons (Fsp3) is 0. The van der Waals surface area contributed by atoms with Crippen molar-refractivity contribution >= 4 is 22.7 Å². The number of nitrogens with two attached hydrogens (primary N) is 1. The van der Waals surface area contributed by atoms with Crippen molar-refractivity contribution < 1.29 is 0 Å². The van der Waals surface area contributed by atoms with Gasteiger partial charge in [0.25, 0.3) is 0 Å². The lowest BCUT2D eigenvalue weighted by Crippen LogP contribution is -2.02. The van der Waals surface area contributed by atoms with Crippen molar-refractivity contribution in [2.24, 2.45) is 0 Å². The normalized spacial score (nSPS) is 10.4. The molecule has 3 rings (SSSR count). The van der Waals surface area contributed by atoms with Gasteiger partial charge in [0.05, 0.1) is 16.3 Å². The molecule has 2 aromatic carbocycles. The van der Waals surface area contributed by atoms with Crippen molar-refractivity contribution in [3.63, 3.8) is 0 Å². The largest absolute Gasteiger partial charge is 0.397 e. The van der Waals surface area contributed by atoms with Gasteiger partial charge in [0.1, 0.15) is 0 Å². The van der Waals surface area contributed by atoms with Gasteiger partial charge < -0.3 is 5.73 Å². The van der Waals surface area contributed by atoms with E-state index < -0.39 is 0 Å². The van der Waals surface area contributed by atoms with Crippen molar-refractivity contribution in [2.75, 3.05) is 5.73 Å². The molecule has 0 unspecified atom stereocenters. The van der Waals surface area contributed by atoms with Crippen LogP contribution in [-0.2, 0) is 0 Å². The summed E-state index contributed by atoms with van der Waals surface area (Å²) < 4.78 is 0. The zero-order valence-electron chi connectivity index (χ0n) is 10.8. The topological polar surface area (TPSA) is 49.9 Å². The summed E-state index contributed by atoms with van der Waals surface area (Å²) in [5, 5.41) is 10.2. The third kappa shape index (κ3) is 2.36. The lowest BCUT2D eigenvalue weighted by Gasteiger charge is -2.07. The Morgan fingerprint density at radius 3 is 2.35 bits per heavy atom. The Hall–Kier alpha value is -2.39. The molecule has 3 aromatic rings. The number of nitrogen functional groups attached to an aromatic ring is 1. The highest BCUT2D eigenvalue weighted by molar-refractivity contribution is 7.13. The minimum atomic E-state index is 0.482. The summed E-state index contributed by atoms with van der Waals surface area (Å²) in [5.41, 5.74) is 10.2. The number of benzene rings is 2. The van der Waals surface area contributed by atoms with Crippen LogP contribution in [-0.4, -0.2) is 5.71 Å². The van der Waals surface area contributed by atoms with Gasteiger partial charge in [-0.3, -0.25) is 5.41 Å². The van der Waals surface area contributed by atoms with E-state index in [2.05, 4.69) is 18.2 Å². The van der Waals surface area contributed by atoms with Gasteiger partial charge >= 0.3 is 0 Å². The lowest BCUT2D eigenvalue weighted by atomic mass is 10.0. The van der Waals surface area contributed by atoms with E-state index in [1.807, 2.05) is 47.8 Å². The smallest absolute Gasteiger partial charge is 0.0805 e. The highest BCUT2D eigenvalue weighted by atomic mass is 32.1. The zero-order chi connectivity index (χ0) is 13.9. The second-order valence-electron chi connectivity index (χ2n) is 4.53. The average Bonchev–Trinajstić information content (AvgIpc) is 2.94. The molecule has 0 amide bonds. The molecule has 0 saturated heterocycles. The van der Waals surface area contributed by atoms with Crippen LogP contribution in [0.15, 0.2) is 66.0 Å². The summed E-state index contributed by atoms with van der Waals surface area (Å²) >= 11 is 1.50. The molecular weight excluding hydrogens is 264 g/mol. The van der Waals surface area contributed by atoms with Gasteiger partial charge in [0, 0.05) is 5.56 Å². The quantitative estimate of drug-likeness (QED) is 0.685. The summed E-state index contributed by atoms with van der Waals surface area (Å²) in [4.78, 5) is 0.829. The zero-order valence-corrected chi connectivity index (χ0v) is 11.7. The summed E-state index contributed by atoms with van der Waals surface area (Å²) in [6.07, 6.45) is 0. The Morgan fingerprint density at radius 2 is 1.65 bits per heavy atom. The van der Waals surface area contributed by atoms with Gasteiger partial charge in [0.15, 0.2) is 0 Å². The van der Waals surface area contributed by atoms with Crippen LogP contribution >= 0.6 is 11.3 Å². The number of hydrogen-bond donors (Lipinski definition) is 2. The second kappa shape index (κ2) is 5.31. The molecule has 1 aromatic heterocycles. The molecule has 0 aliphatic heterocycles. The first-order valence-electron chi connectivity index (χ1n) is 6.33. The van der Waals surface area contributed by atoms with E-state index in [0.29, 0.717) is 11.4 Å². The number of nitrogens with one attached hydrogen (secondary N) is 1. The summed E-state index contributed by atoms with van der Waals surface area (Å²) in [7, 11) is 0. The molecule has 98 valence electrons. The molecule has 20 heavy (non-hydrogen) atoms. The first kappa shape index (κ1) is 12.6. The van der Waals surface area contributed by atoms with E-state index in [4.69, 9.17) is 11.1 Å². The van der Waals surface area contributed by atoms with Crippen LogP contribution in [0.4, 0.5) is 5.69 Å². The average molecular weight is 278 g/mol. The van der Waals surface area contributed by atoms with E-state index in [9.17, 15) is 0 Å². The van der Waals surface area contributed by atoms with E-state index >= 15 is 0 Å². The molecule has 1 heterocycles. The molecule has 0 fully saturated rings. The van der Waals surface area contributed by atoms with Crippen LogP contribution in [0.2, 0.25) is 0 Å². The predicted molar refractivity (Wildman–Crippen MR) is 86.5 cm³/mol. The number of hydrogen-bond acceptors (Lipinski definition) is 3. The van der Waals surface area contributed by atoms with Crippen LogP contribution in [0.1, 0.15) is 10.4 Å². The van der Waals surface area contributed by atoms with Crippen LogP contribution in [0.3, 0.4) is 0 Å². The van der Waals surface area contributed by atoms with Gasteiger partial charge in [-0.15, -0.1) is 11.3 Å². The van der Waals surface area contributed by atoms with Gasteiger partial charge in [-0.1, -0.05) is 48.5 Å². The monoisotopic (exact) mass is 278 g/mol. The highest BCUT2D eigenvalue weighted by Crippen LogP contribution is 2.25. The molecule has 0 bridgehead atoms. The SMILES string of the molecule is N=C(c1cccc(-c2ccccc2)c1)c1sccc1N. The molecule has 0 aliphatic rings. The summed E-state index contributed by atoms with van der Waals surface area (Å²) in [5.74, 6) is 0. The molecule has 0 atom stereocenters. The maximum Gasteiger partial charge on any atom is 0.0805 e. The molecular formula is C17H14N2S. The molecule has 0 radical (unpaired) electrons. The second-order valence-corrected chi connectivity index (χ2v) is 5.44. The first-order valence-corrected chi connectivity index (χ1v) is 7.21. The summed E-state index contributed by atoms with van der Waals surface area (Å²) in [6, 6.07) is 20.1. The van der Waals surface area contributed by atoms with Crippen LogP contribution in [0.25, 0.3) is 11.1 Å². The maximum absolute atomic E-state index is 8.32. The van der Waals surface area contributed by atoms with Gasteiger partial charge in [-0.05, 0) is 28.6 Å². The van der Waals surface area contributed by atoms with Crippen LogP contribution in [0, 0.1) is 5.41 Å². The van der Waals surface area contributed by atoms with Crippen LogP contribution in [0.5, 0.6) is 0 Å². The van der Waals surface area contributed by atoms with Gasteiger partial charge in [0.2, 0.25) is 0 Å². The van der Waals surface area contributed by atoms with E-state index in [1.165, 1.54) is 11.3 Å². The maximum atomic E-state index is 8.32. The Bertz CT molecular complexity index is 744. The van der Waals surface area contributed by atoms with Crippen molar-refractivity contribution in [3.05, 3.63) is 76.5 Å². The third-order valence-corrected chi connectivity index (χ3v) is 4.13. The summed E-state index contributed by atoms with van der Waals surface area (Å²) in [6.45, 7) is 0. The van der Waals surface area contributed by atoms with Crippen molar-refractivity contribution in [1.82, 2.24) is 0 Å². The molecule has 3 N–H and O–H groups in total. The third-order valence-electron chi connectivity index (χ3n) is 3.18. The molecule has 2 nitrogen and oxygen atoms in total. The predicted octanol–water partition coefficient (Wildman–Crippen LogP) is 4.41. The lowest BCUT2D eigenvalue weighted by molar-refractivity contribution is 1.48. The molecule has 0 aliphatic carbocycles. The first-order chi connectivity index (χ1) is 9.75. The fourth-order valence-electron chi connectivity index (χ4n) is 2.14. The van der Waals surface area contributed by atoms with Gasteiger partial charge in [-0.2, -0.15) is 0 Å². The van der Waals surface area contributed by atoms with Crippen LogP contribution < -0.4 is 5.73 Å². The minimum Gasteiger partial charge on any atom is -0.397 e. The molecule has 0 spiro atoms. The molecule has 3 heteroatoms. The highest BCUT2D eigenvalue weighted by Gasteiger charge is 2.10. The van der Waals surface area contributed by atoms with Gasteiger partial charge in [-0.25, -0.2) is 0 Å². The standard InChI is InChI=1S/C17H14N2S/c18-15-9-10-20-17(15)16(19)14-8-4-7-13(11-14)12-5-2-1-3-6-12/h1-11,19H,18H2. The fourth-order valence-corrected chi connectivity index (χ4v) is 2.93.